The summed E-state index contributed by atoms with van der Waals surface area (Å²) in [7, 11) is -1.56. The molecule has 3 rings (SSSR count). The van der Waals surface area contributed by atoms with E-state index in [1.807, 2.05) is 11.9 Å². The van der Waals surface area contributed by atoms with E-state index in [2.05, 4.69) is 4.90 Å². The molecule has 0 bridgehead atoms. The van der Waals surface area contributed by atoms with E-state index in [9.17, 15) is 13.2 Å². The zero-order chi connectivity index (χ0) is 18.6. The van der Waals surface area contributed by atoms with Gasteiger partial charge in [0.2, 0.25) is 10.0 Å². The van der Waals surface area contributed by atoms with Crippen LogP contribution in [0.4, 0.5) is 0 Å². The van der Waals surface area contributed by atoms with Gasteiger partial charge in [0, 0.05) is 44.8 Å². The molecule has 1 aromatic rings. The Hall–Kier alpha value is -1.44. The molecule has 2 fully saturated rings. The van der Waals surface area contributed by atoms with Crippen molar-refractivity contribution in [2.45, 2.75) is 37.0 Å². The van der Waals surface area contributed by atoms with Crippen LogP contribution in [0.15, 0.2) is 29.2 Å². The maximum atomic E-state index is 12.9. The third kappa shape index (κ3) is 4.45. The van der Waals surface area contributed by atoms with E-state index in [1.54, 1.807) is 24.3 Å². The lowest BCUT2D eigenvalue weighted by molar-refractivity contribution is 0.0742. The summed E-state index contributed by atoms with van der Waals surface area (Å²) in [6, 6.07) is 6.55. The van der Waals surface area contributed by atoms with Crippen LogP contribution in [0.3, 0.4) is 0 Å². The second kappa shape index (κ2) is 8.50. The first kappa shape index (κ1) is 19.3. The van der Waals surface area contributed by atoms with Crippen LogP contribution in [0.5, 0.6) is 0 Å². The van der Waals surface area contributed by atoms with Crippen molar-refractivity contribution < 1.29 is 13.2 Å². The molecular weight excluding hydrogens is 350 g/mol. The van der Waals surface area contributed by atoms with Crippen molar-refractivity contribution in [1.82, 2.24) is 14.1 Å². The summed E-state index contributed by atoms with van der Waals surface area (Å²) in [4.78, 5) is 17.1. The molecule has 26 heavy (non-hydrogen) atoms. The van der Waals surface area contributed by atoms with Gasteiger partial charge < -0.3 is 9.80 Å². The molecule has 2 aliphatic rings. The number of likely N-dealkylation sites (tertiary alicyclic amines) is 1. The normalized spacial score (nSPS) is 21.2. The van der Waals surface area contributed by atoms with Gasteiger partial charge in [-0.3, -0.25) is 4.79 Å². The van der Waals surface area contributed by atoms with Crippen molar-refractivity contribution >= 4 is 15.9 Å². The van der Waals surface area contributed by atoms with Gasteiger partial charge in [0.1, 0.15) is 0 Å². The lowest BCUT2D eigenvalue weighted by Gasteiger charge is -2.31. The maximum absolute atomic E-state index is 12.9. The molecule has 1 aromatic carbocycles. The summed E-state index contributed by atoms with van der Waals surface area (Å²) in [5.74, 6) is -0.0534. The van der Waals surface area contributed by atoms with Gasteiger partial charge in [-0.05, 0) is 38.1 Å². The standard InChI is InChI=1S/C19H29N3O3S/c1-20-12-14-22(15-13-20)26(24,25)18-9-7-8-17(16-18)19(23)21-10-5-3-2-4-6-11-21/h7-9,16H,2-6,10-15H2,1H3. The van der Waals surface area contributed by atoms with Crippen molar-refractivity contribution in [2.24, 2.45) is 0 Å². The minimum atomic E-state index is -3.55. The largest absolute Gasteiger partial charge is 0.339 e. The first-order chi connectivity index (χ1) is 12.5. The van der Waals surface area contributed by atoms with Gasteiger partial charge in [-0.15, -0.1) is 0 Å². The van der Waals surface area contributed by atoms with Crippen molar-refractivity contribution in [3.8, 4) is 0 Å². The fraction of sp³-hybridized carbons (Fsp3) is 0.632. The molecule has 144 valence electrons. The number of amides is 1. The van der Waals surface area contributed by atoms with Crippen molar-refractivity contribution in [1.29, 1.82) is 0 Å². The summed E-state index contributed by atoms with van der Waals surface area (Å²) in [5.41, 5.74) is 0.473. The smallest absolute Gasteiger partial charge is 0.253 e. The topological polar surface area (TPSA) is 60.9 Å². The number of piperazine rings is 1. The van der Waals surface area contributed by atoms with E-state index in [0.717, 1.165) is 51.9 Å². The molecule has 2 heterocycles. The summed E-state index contributed by atoms with van der Waals surface area (Å²) in [5, 5.41) is 0. The molecule has 7 heteroatoms. The Morgan fingerprint density at radius 2 is 1.50 bits per heavy atom. The quantitative estimate of drug-likeness (QED) is 0.806. The van der Waals surface area contributed by atoms with Gasteiger partial charge in [0.05, 0.1) is 4.90 Å². The fourth-order valence-corrected chi connectivity index (χ4v) is 5.07. The van der Waals surface area contributed by atoms with E-state index in [4.69, 9.17) is 0 Å². The Kier molecular flexibility index (Phi) is 6.32. The third-order valence-electron chi connectivity index (χ3n) is 5.32. The molecule has 6 nitrogen and oxygen atoms in total. The third-order valence-corrected chi connectivity index (χ3v) is 7.22. The van der Waals surface area contributed by atoms with Gasteiger partial charge in [0.25, 0.3) is 5.91 Å². The molecule has 0 atom stereocenters. The number of benzene rings is 1. The minimum Gasteiger partial charge on any atom is -0.339 e. The van der Waals surface area contributed by atoms with Gasteiger partial charge in [0.15, 0.2) is 0 Å². The molecule has 0 spiro atoms. The molecule has 0 aromatic heterocycles. The average molecular weight is 380 g/mol. The molecular formula is C19H29N3O3S. The summed E-state index contributed by atoms with van der Waals surface area (Å²) >= 11 is 0. The lowest BCUT2D eigenvalue weighted by atomic mass is 10.1. The molecule has 0 radical (unpaired) electrons. The number of sulfonamides is 1. The van der Waals surface area contributed by atoms with Crippen LogP contribution >= 0.6 is 0 Å². The van der Waals surface area contributed by atoms with Crippen LogP contribution in [0, 0.1) is 0 Å². The minimum absolute atomic E-state index is 0.0534. The highest BCUT2D eigenvalue weighted by Gasteiger charge is 2.28. The summed E-state index contributed by atoms with van der Waals surface area (Å²) in [6.45, 7) is 3.95. The predicted octanol–water partition coefficient (Wildman–Crippen LogP) is 2.03. The van der Waals surface area contributed by atoms with Gasteiger partial charge in [-0.1, -0.05) is 25.3 Å². The maximum Gasteiger partial charge on any atom is 0.253 e. The number of likely N-dealkylation sites (N-methyl/N-ethyl adjacent to an activating group) is 1. The van der Waals surface area contributed by atoms with Gasteiger partial charge in [-0.25, -0.2) is 8.42 Å². The lowest BCUT2D eigenvalue weighted by Crippen LogP contribution is -2.47. The molecule has 0 saturated carbocycles. The van der Waals surface area contributed by atoms with Crippen LogP contribution in [0.25, 0.3) is 0 Å². The van der Waals surface area contributed by atoms with E-state index in [-0.39, 0.29) is 10.8 Å². The first-order valence-corrected chi connectivity index (χ1v) is 11.0. The molecule has 0 unspecified atom stereocenters. The number of rotatable bonds is 3. The highest BCUT2D eigenvalue weighted by Crippen LogP contribution is 2.20. The fourth-order valence-electron chi connectivity index (χ4n) is 3.60. The Labute approximate surface area is 156 Å². The Balaban J connectivity index is 1.77. The Bertz CT molecular complexity index is 719. The van der Waals surface area contributed by atoms with Gasteiger partial charge >= 0.3 is 0 Å². The SMILES string of the molecule is CN1CCN(S(=O)(=O)c2cccc(C(=O)N3CCCCCCC3)c2)CC1. The Morgan fingerprint density at radius 3 is 2.15 bits per heavy atom. The molecule has 0 N–H and O–H groups in total. The zero-order valence-corrected chi connectivity index (χ0v) is 16.4. The number of carbonyl (C=O) groups is 1. The summed E-state index contributed by atoms with van der Waals surface area (Å²) < 4.78 is 27.4. The van der Waals surface area contributed by atoms with E-state index in [0.29, 0.717) is 18.7 Å². The van der Waals surface area contributed by atoms with E-state index < -0.39 is 10.0 Å². The van der Waals surface area contributed by atoms with E-state index >= 15 is 0 Å². The number of carbonyl (C=O) groups excluding carboxylic acids is 1. The monoisotopic (exact) mass is 379 g/mol. The number of hydrogen-bond acceptors (Lipinski definition) is 4. The van der Waals surface area contributed by atoms with Crippen LogP contribution in [0.1, 0.15) is 42.5 Å². The van der Waals surface area contributed by atoms with Crippen LogP contribution in [-0.2, 0) is 10.0 Å². The highest BCUT2D eigenvalue weighted by atomic mass is 32.2. The van der Waals surface area contributed by atoms with Crippen LogP contribution in [0.2, 0.25) is 0 Å². The average Bonchev–Trinajstić information content (AvgIpc) is 2.61. The second-order valence-corrected chi connectivity index (χ2v) is 9.23. The summed E-state index contributed by atoms with van der Waals surface area (Å²) in [6.07, 6.45) is 5.58. The van der Waals surface area contributed by atoms with Crippen LogP contribution < -0.4 is 0 Å². The Morgan fingerprint density at radius 1 is 0.885 bits per heavy atom. The molecule has 0 aliphatic carbocycles. The van der Waals surface area contributed by atoms with E-state index in [1.165, 1.54) is 10.7 Å². The number of hydrogen-bond donors (Lipinski definition) is 0. The molecule has 2 aliphatic heterocycles. The van der Waals surface area contributed by atoms with Crippen molar-refractivity contribution in [3.63, 3.8) is 0 Å². The molecule has 1 amide bonds. The highest BCUT2D eigenvalue weighted by molar-refractivity contribution is 7.89. The molecule has 2 saturated heterocycles. The zero-order valence-electron chi connectivity index (χ0n) is 15.6. The number of nitrogens with zero attached hydrogens (tertiary/aromatic N) is 3. The second-order valence-electron chi connectivity index (χ2n) is 7.30. The van der Waals surface area contributed by atoms with Gasteiger partial charge in [-0.2, -0.15) is 4.31 Å². The van der Waals surface area contributed by atoms with Crippen molar-refractivity contribution in [3.05, 3.63) is 29.8 Å². The van der Waals surface area contributed by atoms with Crippen LogP contribution in [-0.4, -0.2) is 74.7 Å². The predicted molar refractivity (Wildman–Crippen MR) is 102 cm³/mol. The van der Waals surface area contributed by atoms with Crippen molar-refractivity contribution in [2.75, 3.05) is 46.3 Å². The first-order valence-electron chi connectivity index (χ1n) is 9.56.